The molecule has 0 amide bonds. The van der Waals surface area contributed by atoms with Crippen LogP contribution < -0.4 is 5.32 Å². The third-order valence-electron chi connectivity index (χ3n) is 3.12. The molecule has 0 saturated heterocycles. The summed E-state index contributed by atoms with van der Waals surface area (Å²) in [6.45, 7) is 5.27. The minimum atomic E-state index is -0.337. The van der Waals surface area contributed by atoms with E-state index in [1.807, 2.05) is 6.07 Å². The molecule has 6 nitrogen and oxygen atoms in total. The maximum atomic E-state index is 10.9. The van der Waals surface area contributed by atoms with Crippen molar-refractivity contribution in [3.8, 4) is 0 Å². The number of unbranched alkanes of at least 4 members (excludes halogenated alkanes) is 1. The first kappa shape index (κ1) is 17.6. The van der Waals surface area contributed by atoms with Crippen LogP contribution in [0.2, 0.25) is 0 Å². The zero-order chi connectivity index (χ0) is 15.5. The van der Waals surface area contributed by atoms with E-state index in [-0.39, 0.29) is 10.6 Å². The second-order valence-electron chi connectivity index (χ2n) is 4.87. The van der Waals surface area contributed by atoms with E-state index in [4.69, 9.17) is 9.47 Å². The molecule has 0 heterocycles. The normalized spacial score (nSPS) is 10.8. The van der Waals surface area contributed by atoms with Gasteiger partial charge in [0.05, 0.1) is 18.1 Å². The van der Waals surface area contributed by atoms with Gasteiger partial charge in [-0.3, -0.25) is 10.1 Å². The predicted molar refractivity (Wildman–Crippen MR) is 81.5 cm³/mol. The molecule has 0 unspecified atom stereocenters. The SMILES string of the molecule is COCCOCCCCNCc1ccc(C)c([N+](=O)[O-])c1. The van der Waals surface area contributed by atoms with E-state index in [9.17, 15) is 10.1 Å². The lowest BCUT2D eigenvalue weighted by Crippen LogP contribution is -2.15. The number of ether oxygens (including phenoxy) is 2. The van der Waals surface area contributed by atoms with Crippen LogP contribution in [0.5, 0.6) is 0 Å². The largest absolute Gasteiger partial charge is 0.382 e. The van der Waals surface area contributed by atoms with Gasteiger partial charge in [0.15, 0.2) is 0 Å². The van der Waals surface area contributed by atoms with Crippen LogP contribution in [0.15, 0.2) is 18.2 Å². The standard InChI is InChI=1S/C15H24N2O4/c1-13-5-6-14(11-15(13)17(18)19)12-16-7-3-4-8-21-10-9-20-2/h5-6,11,16H,3-4,7-10,12H2,1-2H3. The number of nitro benzene ring substituents is 1. The highest BCUT2D eigenvalue weighted by Crippen LogP contribution is 2.18. The van der Waals surface area contributed by atoms with E-state index in [0.29, 0.717) is 25.3 Å². The minimum Gasteiger partial charge on any atom is -0.382 e. The number of nitrogens with one attached hydrogen (secondary N) is 1. The topological polar surface area (TPSA) is 73.6 Å². The fraction of sp³-hybridized carbons (Fsp3) is 0.600. The van der Waals surface area contributed by atoms with Crippen molar-refractivity contribution in [1.29, 1.82) is 0 Å². The van der Waals surface area contributed by atoms with E-state index in [1.165, 1.54) is 0 Å². The van der Waals surface area contributed by atoms with E-state index in [2.05, 4.69) is 5.32 Å². The molecule has 0 spiro atoms. The van der Waals surface area contributed by atoms with Crippen molar-refractivity contribution in [1.82, 2.24) is 5.32 Å². The summed E-state index contributed by atoms with van der Waals surface area (Å²) in [7, 11) is 1.66. The molecule has 0 aromatic heterocycles. The number of benzene rings is 1. The number of hydrogen-bond donors (Lipinski definition) is 1. The van der Waals surface area contributed by atoms with Crippen molar-refractivity contribution in [2.75, 3.05) is 33.5 Å². The Morgan fingerprint density at radius 3 is 2.76 bits per heavy atom. The Hall–Kier alpha value is -1.50. The first-order chi connectivity index (χ1) is 10.1. The first-order valence-electron chi connectivity index (χ1n) is 7.16. The van der Waals surface area contributed by atoms with Crippen LogP contribution in [0.25, 0.3) is 0 Å². The molecule has 21 heavy (non-hydrogen) atoms. The fourth-order valence-corrected chi connectivity index (χ4v) is 1.89. The Kier molecular flexibility index (Phi) is 8.57. The van der Waals surface area contributed by atoms with Crippen LogP contribution in [0.4, 0.5) is 5.69 Å². The molecule has 1 rings (SSSR count). The zero-order valence-corrected chi connectivity index (χ0v) is 12.8. The monoisotopic (exact) mass is 296 g/mol. The van der Waals surface area contributed by atoms with Crippen molar-refractivity contribution < 1.29 is 14.4 Å². The molecular weight excluding hydrogens is 272 g/mol. The first-order valence-corrected chi connectivity index (χ1v) is 7.16. The maximum absolute atomic E-state index is 10.9. The van der Waals surface area contributed by atoms with E-state index < -0.39 is 0 Å². The summed E-state index contributed by atoms with van der Waals surface area (Å²) in [4.78, 5) is 10.5. The van der Waals surface area contributed by atoms with Crippen molar-refractivity contribution in [2.24, 2.45) is 0 Å². The summed E-state index contributed by atoms with van der Waals surface area (Å²) in [5.41, 5.74) is 1.81. The lowest BCUT2D eigenvalue weighted by atomic mass is 10.1. The Labute approximate surface area is 125 Å². The number of aryl methyl sites for hydroxylation is 1. The molecule has 0 aliphatic heterocycles. The molecule has 1 N–H and O–H groups in total. The second kappa shape index (κ2) is 10.3. The van der Waals surface area contributed by atoms with E-state index in [0.717, 1.165) is 31.6 Å². The van der Waals surface area contributed by atoms with Crippen molar-refractivity contribution in [2.45, 2.75) is 26.3 Å². The number of rotatable bonds is 11. The molecule has 118 valence electrons. The molecule has 1 aromatic carbocycles. The Morgan fingerprint density at radius 2 is 2.05 bits per heavy atom. The number of nitro groups is 1. The van der Waals surface area contributed by atoms with Crippen molar-refractivity contribution in [3.05, 3.63) is 39.4 Å². The quantitative estimate of drug-likeness (QED) is 0.386. The van der Waals surface area contributed by atoms with Gasteiger partial charge in [-0.05, 0) is 31.9 Å². The van der Waals surface area contributed by atoms with Crippen molar-refractivity contribution in [3.63, 3.8) is 0 Å². The van der Waals surface area contributed by atoms with Crippen LogP contribution in [-0.4, -0.2) is 38.4 Å². The molecule has 1 aromatic rings. The van der Waals surface area contributed by atoms with Gasteiger partial charge in [-0.15, -0.1) is 0 Å². The molecule has 0 saturated carbocycles. The van der Waals surface area contributed by atoms with Gasteiger partial charge in [-0.25, -0.2) is 0 Å². The van der Waals surface area contributed by atoms with E-state index >= 15 is 0 Å². The van der Waals surface area contributed by atoms with Gasteiger partial charge in [-0.1, -0.05) is 12.1 Å². The van der Waals surface area contributed by atoms with Gasteiger partial charge >= 0.3 is 0 Å². The van der Waals surface area contributed by atoms with Crippen molar-refractivity contribution >= 4 is 5.69 Å². The van der Waals surface area contributed by atoms with Gasteiger partial charge in [0.1, 0.15) is 0 Å². The van der Waals surface area contributed by atoms with Gasteiger partial charge < -0.3 is 14.8 Å². The molecular formula is C15H24N2O4. The summed E-state index contributed by atoms with van der Waals surface area (Å²) in [6.07, 6.45) is 2.01. The summed E-state index contributed by atoms with van der Waals surface area (Å²) in [5.74, 6) is 0. The highest BCUT2D eigenvalue weighted by molar-refractivity contribution is 5.42. The average molecular weight is 296 g/mol. The number of hydrogen-bond acceptors (Lipinski definition) is 5. The molecule has 0 bridgehead atoms. The van der Waals surface area contributed by atoms with Gasteiger partial charge in [0, 0.05) is 31.9 Å². The van der Waals surface area contributed by atoms with Gasteiger partial charge in [0.25, 0.3) is 5.69 Å². The lowest BCUT2D eigenvalue weighted by Gasteiger charge is -2.06. The molecule has 0 aliphatic carbocycles. The highest BCUT2D eigenvalue weighted by atomic mass is 16.6. The highest BCUT2D eigenvalue weighted by Gasteiger charge is 2.10. The maximum Gasteiger partial charge on any atom is 0.272 e. The van der Waals surface area contributed by atoms with E-state index in [1.54, 1.807) is 26.2 Å². The predicted octanol–water partition coefficient (Wildman–Crippen LogP) is 2.44. The van der Waals surface area contributed by atoms with Crippen LogP contribution >= 0.6 is 0 Å². The van der Waals surface area contributed by atoms with Crippen LogP contribution in [0.3, 0.4) is 0 Å². The lowest BCUT2D eigenvalue weighted by molar-refractivity contribution is -0.385. The zero-order valence-electron chi connectivity index (χ0n) is 12.8. The second-order valence-corrected chi connectivity index (χ2v) is 4.87. The van der Waals surface area contributed by atoms with Crippen LogP contribution in [-0.2, 0) is 16.0 Å². The van der Waals surface area contributed by atoms with Crippen LogP contribution in [0, 0.1) is 17.0 Å². The Bertz CT molecular complexity index is 438. The number of nitrogens with zero attached hydrogens (tertiary/aromatic N) is 1. The third-order valence-corrected chi connectivity index (χ3v) is 3.12. The van der Waals surface area contributed by atoms with Gasteiger partial charge in [-0.2, -0.15) is 0 Å². The molecule has 0 atom stereocenters. The number of methoxy groups -OCH3 is 1. The molecule has 6 heteroatoms. The summed E-state index contributed by atoms with van der Waals surface area (Å²) < 4.78 is 10.3. The summed E-state index contributed by atoms with van der Waals surface area (Å²) >= 11 is 0. The summed E-state index contributed by atoms with van der Waals surface area (Å²) in [5, 5.41) is 14.1. The smallest absolute Gasteiger partial charge is 0.272 e. The average Bonchev–Trinajstić information content (AvgIpc) is 2.47. The Morgan fingerprint density at radius 1 is 1.24 bits per heavy atom. The van der Waals surface area contributed by atoms with Gasteiger partial charge in [0.2, 0.25) is 0 Å². The fourth-order valence-electron chi connectivity index (χ4n) is 1.89. The minimum absolute atomic E-state index is 0.181. The molecule has 0 fully saturated rings. The van der Waals surface area contributed by atoms with Crippen LogP contribution in [0.1, 0.15) is 24.0 Å². The third kappa shape index (κ3) is 7.17. The Balaban J connectivity index is 2.16. The molecule has 0 aliphatic rings. The summed E-state index contributed by atoms with van der Waals surface area (Å²) in [6, 6.07) is 5.35. The molecule has 0 radical (unpaired) electrons.